The van der Waals surface area contributed by atoms with E-state index >= 15 is 0 Å². The first-order valence-electron chi connectivity index (χ1n) is 3.84. The minimum atomic E-state index is -0.826. The van der Waals surface area contributed by atoms with Gasteiger partial charge in [-0.15, -0.1) is 0 Å². The van der Waals surface area contributed by atoms with E-state index in [1.165, 1.54) is 17.1 Å². The van der Waals surface area contributed by atoms with Gasteiger partial charge in [-0.3, -0.25) is 0 Å². The van der Waals surface area contributed by atoms with E-state index in [0.717, 1.165) is 6.42 Å². The van der Waals surface area contributed by atoms with Gasteiger partial charge in [0.15, 0.2) is 0 Å². The van der Waals surface area contributed by atoms with Crippen molar-refractivity contribution in [3.05, 3.63) is 29.2 Å². The molecule has 1 aliphatic carbocycles. The number of allylic oxidation sites excluding steroid dienone is 4. The summed E-state index contributed by atoms with van der Waals surface area (Å²) in [5.74, 6) is 1.42. The Hall–Kier alpha value is 0.943. The molecule has 67 valence electrons. The summed E-state index contributed by atoms with van der Waals surface area (Å²) < 4.78 is 0. The summed E-state index contributed by atoms with van der Waals surface area (Å²) in [6.07, 6.45) is 5.68. The van der Waals surface area contributed by atoms with Gasteiger partial charge in [0.2, 0.25) is 0 Å². The third-order valence-electron chi connectivity index (χ3n) is 1.83. The van der Waals surface area contributed by atoms with Crippen LogP contribution in [-0.4, -0.2) is 0 Å². The molecule has 0 saturated carbocycles. The molecule has 0 bridgehead atoms. The van der Waals surface area contributed by atoms with Gasteiger partial charge in [-0.25, -0.2) is 0 Å². The van der Waals surface area contributed by atoms with E-state index < -0.39 is 20.8 Å². The first-order chi connectivity index (χ1) is 5.65. The summed E-state index contributed by atoms with van der Waals surface area (Å²) in [6, 6.07) is 0. The topological polar surface area (TPSA) is 0 Å². The van der Waals surface area contributed by atoms with Crippen molar-refractivity contribution < 1.29 is 20.8 Å². The van der Waals surface area contributed by atoms with E-state index in [1.807, 2.05) is 0 Å². The van der Waals surface area contributed by atoms with Crippen molar-refractivity contribution in [2.75, 3.05) is 0 Å². The van der Waals surface area contributed by atoms with Crippen LogP contribution < -0.4 is 0 Å². The molecule has 0 aliphatic heterocycles. The van der Waals surface area contributed by atoms with Crippen LogP contribution in [0.15, 0.2) is 23.3 Å². The van der Waals surface area contributed by atoms with Gasteiger partial charge in [0, 0.05) is 5.92 Å². The molecule has 0 unspecified atom stereocenters. The maximum absolute atomic E-state index is 4.93. The van der Waals surface area contributed by atoms with Crippen LogP contribution in [0.5, 0.6) is 0 Å². The Balaban J connectivity index is 0.000000354. The molecule has 1 aliphatic rings. The summed E-state index contributed by atoms with van der Waals surface area (Å²) >= 11 is -0.826. The SMILES string of the molecule is CCC1=C[C](C)C(C)=C1.[Cl][Zr][Cl]. The van der Waals surface area contributed by atoms with Gasteiger partial charge in [-0.05, 0) is 13.3 Å². The molecule has 0 spiro atoms. The summed E-state index contributed by atoms with van der Waals surface area (Å²) in [4.78, 5) is 0. The fourth-order valence-electron chi connectivity index (χ4n) is 1.03. The van der Waals surface area contributed by atoms with E-state index in [0.29, 0.717) is 0 Å². The molecule has 0 heterocycles. The number of rotatable bonds is 1. The standard InChI is InChI=1S/C9H13.2ClH.Zr/c1-4-9-5-7(2)8(3)6-9;;;/h5-6H,4H2,1-3H3;2*1H;/q;;;+2/p-2. The Morgan fingerprint density at radius 1 is 1.25 bits per heavy atom. The van der Waals surface area contributed by atoms with Crippen molar-refractivity contribution in [2.45, 2.75) is 27.2 Å². The van der Waals surface area contributed by atoms with Gasteiger partial charge in [-0.1, -0.05) is 37.1 Å². The quantitative estimate of drug-likeness (QED) is 0.674. The van der Waals surface area contributed by atoms with Crippen LogP contribution in [0.3, 0.4) is 0 Å². The van der Waals surface area contributed by atoms with E-state index in [-0.39, 0.29) is 0 Å². The Morgan fingerprint density at radius 2 is 1.75 bits per heavy atom. The van der Waals surface area contributed by atoms with Crippen molar-refractivity contribution in [2.24, 2.45) is 0 Å². The van der Waals surface area contributed by atoms with Gasteiger partial charge in [0.05, 0.1) is 0 Å². The van der Waals surface area contributed by atoms with Crippen LogP contribution in [0, 0.1) is 5.92 Å². The summed E-state index contributed by atoms with van der Waals surface area (Å²) in [5, 5.41) is 0. The van der Waals surface area contributed by atoms with Crippen LogP contribution in [0.1, 0.15) is 27.2 Å². The van der Waals surface area contributed by atoms with E-state index in [1.54, 1.807) is 0 Å². The molecule has 0 amide bonds. The zero-order chi connectivity index (χ0) is 9.56. The molecular formula is C9H13Cl2Zr. The van der Waals surface area contributed by atoms with Crippen molar-refractivity contribution in [1.82, 2.24) is 0 Å². The average molecular weight is 283 g/mol. The second-order valence-electron chi connectivity index (χ2n) is 2.65. The molecule has 12 heavy (non-hydrogen) atoms. The van der Waals surface area contributed by atoms with E-state index in [9.17, 15) is 0 Å². The molecule has 0 N–H and O–H groups in total. The van der Waals surface area contributed by atoms with Crippen molar-refractivity contribution >= 4 is 17.0 Å². The second-order valence-corrected chi connectivity index (χ2v) is 6.39. The molecule has 0 saturated heterocycles. The van der Waals surface area contributed by atoms with Gasteiger partial charge in [0.1, 0.15) is 0 Å². The Labute approximate surface area is 93.7 Å². The zero-order valence-corrected chi connectivity index (χ0v) is 11.6. The predicted molar refractivity (Wildman–Crippen MR) is 52.8 cm³/mol. The van der Waals surface area contributed by atoms with Gasteiger partial charge in [-0.2, -0.15) is 0 Å². The van der Waals surface area contributed by atoms with Crippen LogP contribution in [0.25, 0.3) is 0 Å². The first-order valence-corrected chi connectivity index (χ1v) is 10.2. The van der Waals surface area contributed by atoms with Crippen LogP contribution in [-0.2, 0) is 20.8 Å². The van der Waals surface area contributed by atoms with E-state index in [4.69, 9.17) is 17.0 Å². The van der Waals surface area contributed by atoms with Crippen LogP contribution in [0.2, 0.25) is 0 Å². The monoisotopic (exact) mass is 281 g/mol. The molecule has 0 atom stereocenters. The van der Waals surface area contributed by atoms with Gasteiger partial charge >= 0.3 is 37.9 Å². The third-order valence-corrected chi connectivity index (χ3v) is 1.83. The second kappa shape index (κ2) is 7.36. The number of hydrogen-bond donors (Lipinski definition) is 0. The normalized spacial score (nSPS) is 16.1. The van der Waals surface area contributed by atoms with E-state index in [2.05, 4.69) is 32.9 Å². The van der Waals surface area contributed by atoms with Crippen LogP contribution >= 0.6 is 17.0 Å². The summed E-state index contributed by atoms with van der Waals surface area (Å²) in [7, 11) is 9.87. The molecule has 1 rings (SSSR count). The molecule has 1 radical (unpaired) electrons. The average Bonchev–Trinajstić information content (AvgIpc) is 2.33. The summed E-state index contributed by atoms with van der Waals surface area (Å²) in [5.41, 5.74) is 2.89. The Kier molecular flexibility index (Phi) is 7.93. The van der Waals surface area contributed by atoms with Crippen molar-refractivity contribution in [3.8, 4) is 0 Å². The Bertz CT molecular complexity index is 185. The third kappa shape index (κ3) is 4.85. The van der Waals surface area contributed by atoms with Gasteiger partial charge < -0.3 is 0 Å². The van der Waals surface area contributed by atoms with Crippen molar-refractivity contribution in [3.63, 3.8) is 0 Å². The molecule has 0 aromatic carbocycles. The van der Waals surface area contributed by atoms with Crippen LogP contribution in [0.4, 0.5) is 0 Å². The molecule has 0 nitrogen and oxygen atoms in total. The zero-order valence-electron chi connectivity index (χ0n) is 7.62. The Morgan fingerprint density at radius 3 is 1.92 bits per heavy atom. The number of hydrogen-bond acceptors (Lipinski definition) is 0. The molecule has 0 aromatic heterocycles. The molecular weight excluding hydrogens is 270 g/mol. The fraction of sp³-hybridized carbons (Fsp3) is 0.444. The van der Waals surface area contributed by atoms with Gasteiger partial charge in [0.25, 0.3) is 0 Å². The molecule has 0 aromatic rings. The maximum atomic E-state index is 4.93. The molecule has 3 heteroatoms. The fourth-order valence-corrected chi connectivity index (χ4v) is 1.03. The first kappa shape index (κ1) is 12.9. The molecule has 0 fully saturated rings. The number of halogens is 2. The predicted octanol–water partition coefficient (Wildman–Crippen LogP) is 4.25. The minimum absolute atomic E-state index is 0.826. The summed E-state index contributed by atoms with van der Waals surface area (Å²) in [6.45, 7) is 6.51. The van der Waals surface area contributed by atoms with Crippen molar-refractivity contribution in [1.29, 1.82) is 0 Å².